The van der Waals surface area contributed by atoms with Gasteiger partial charge in [-0.2, -0.15) is 47.4 Å². The zero-order valence-corrected chi connectivity index (χ0v) is 76.6. The van der Waals surface area contributed by atoms with Crippen LogP contribution in [0, 0.1) is 122 Å². The van der Waals surface area contributed by atoms with Crippen LogP contribution in [-0.4, -0.2) is 18.3 Å². The molecule has 6 heterocycles. The Morgan fingerprint density at radius 1 is 0.208 bits per heavy atom. The highest BCUT2D eigenvalue weighted by Gasteiger charge is 2.29. The number of benzene rings is 19. The third-order valence-electron chi connectivity index (χ3n) is 27.0. The lowest BCUT2D eigenvalue weighted by molar-refractivity contribution is 0.669. The van der Waals surface area contributed by atoms with Crippen LogP contribution in [0.5, 0.6) is 0 Å². The lowest BCUT2D eigenvalue weighted by atomic mass is 9.92. The van der Waals surface area contributed by atoms with Crippen molar-refractivity contribution in [1.82, 2.24) is 18.3 Å². The van der Waals surface area contributed by atoms with Crippen molar-refractivity contribution in [3.05, 3.63) is 460 Å². The first-order chi connectivity index (χ1) is 70.9. The van der Waals surface area contributed by atoms with Crippen molar-refractivity contribution in [2.75, 3.05) is 0 Å². The van der Waals surface area contributed by atoms with Gasteiger partial charge in [0.1, 0.15) is 11.2 Å². The lowest BCUT2D eigenvalue weighted by Gasteiger charge is -2.12. The molecule has 19 aromatic carbocycles. The molecule has 0 amide bonds. The molecule has 6 aromatic heterocycles. The van der Waals surface area contributed by atoms with E-state index < -0.39 is 0 Å². The van der Waals surface area contributed by atoms with Gasteiger partial charge in [0, 0.05) is 147 Å². The molecule has 0 aliphatic rings. The minimum absolute atomic E-state index is 0.400. The van der Waals surface area contributed by atoms with Crippen LogP contribution in [0.25, 0.3) is 233 Å². The normalized spacial score (nSPS) is 11.0. The summed E-state index contributed by atoms with van der Waals surface area (Å²) in [5, 5.41) is 102. The summed E-state index contributed by atoms with van der Waals surface area (Å²) in [6.07, 6.45) is 0. The average Bonchev–Trinajstić information content (AvgIpc) is 1.56. The van der Waals surface area contributed by atoms with Gasteiger partial charge >= 0.3 is 0 Å². The fourth-order valence-corrected chi connectivity index (χ4v) is 22.1. The molecule has 0 aliphatic heterocycles. The smallest absolute Gasteiger partial charge is 0.196 e. The van der Waals surface area contributed by atoms with Gasteiger partial charge in [-0.1, -0.05) is 200 Å². The van der Waals surface area contributed by atoms with E-state index in [1.165, 1.54) is 14.8 Å². The van der Waals surface area contributed by atoms with Crippen LogP contribution in [0.2, 0.25) is 0 Å². The van der Waals surface area contributed by atoms with Gasteiger partial charge in [0.2, 0.25) is 0 Å². The van der Waals surface area contributed by atoms with Gasteiger partial charge in [-0.05, 0) is 209 Å². The Kier molecular flexibility index (Phi) is 21.3. The maximum absolute atomic E-state index is 10.2. The Morgan fingerprint density at radius 2 is 0.521 bits per heavy atom. The maximum Gasteiger partial charge on any atom is 0.196 e. The van der Waals surface area contributed by atoms with Crippen molar-refractivity contribution in [2.45, 2.75) is 0 Å². The van der Waals surface area contributed by atoms with Crippen LogP contribution in [0.1, 0.15) is 50.1 Å². The highest BCUT2D eigenvalue weighted by atomic mass is 32.1. The van der Waals surface area contributed by atoms with E-state index in [-0.39, 0.29) is 0 Å². The Morgan fingerprint density at radius 3 is 0.944 bits per heavy atom. The highest BCUT2D eigenvalue weighted by Crippen LogP contribution is 2.51. The molecule has 658 valence electrons. The molecule has 0 bridgehead atoms. The molecule has 0 unspecified atom stereocenters. The van der Waals surface area contributed by atoms with Crippen LogP contribution in [0.15, 0.2) is 381 Å². The fourth-order valence-electron chi connectivity index (χ4n) is 21.0. The molecule has 25 aromatic rings. The highest BCUT2D eigenvalue weighted by molar-refractivity contribution is 7.25. The average molecular weight is 1850 g/mol. The Hall–Kier alpha value is -21.7. The minimum Gasteiger partial charge on any atom is -0.456 e. The summed E-state index contributed by atoms with van der Waals surface area (Å²) in [5.74, 6) is 0. The molecule has 0 atom stereocenters. The number of rotatable bonds is 10. The SMILES string of the molecule is [C-]#[N+]c1cccc(C#N)c1-c1cccc2c1c1ccc(-c3c(C#N)cccc3C#N)cc1n2-c1ccc2c(c1)c1ccccc1n2-c1ccccc1.[C-]#[N+]c1cccc(C#N)c1-c1cccc2c1c1ccc(-c3c(C#N)cccc3C#N)cc1n2-c1ccc2oc3ccccc3c2c1.[C-]#[N+]c1cccc(C#N)c1-c1cccc2c1c1ccc(-c3c(C#N)cccc3C#N)cc1n2-c1ccc2sc3ccccc3c2c1. The first-order valence-corrected chi connectivity index (χ1v) is 46.4. The summed E-state index contributed by atoms with van der Waals surface area (Å²) in [6.45, 7) is 23.8. The van der Waals surface area contributed by atoms with E-state index in [0.717, 1.165) is 171 Å². The molecule has 25 rings (SSSR count). The summed E-state index contributed by atoms with van der Waals surface area (Å²) < 4.78 is 17.4. The Bertz CT molecular complexity index is 9940. The molecule has 18 heteroatoms. The predicted molar refractivity (Wildman–Crippen MR) is 571 cm³/mol. The Balaban J connectivity index is 0.000000120. The lowest BCUT2D eigenvalue weighted by Crippen LogP contribution is -1.96. The topological polar surface area (TPSA) is 260 Å². The van der Waals surface area contributed by atoms with Crippen LogP contribution >= 0.6 is 11.3 Å². The number of thiophene rings is 1. The van der Waals surface area contributed by atoms with Gasteiger partial charge < -0.3 is 22.7 Å². The van der Waals surface area contributed by atoms with Gasteiger partial charge in [-0.15, -0.1) is 11.3 Å². The molecule has 17 nitrogen and oxygen atoms in total. The second kappa shape index (κ2) is 35.5. The van der Waals surface area contributed by atoms with Crippen LogP contribution in [0.4, 0.5) is 17.1 Å². The van der Waals surface area contributed by atoms with Gasteiger partial charge in [0.25, 0.3) is 0 Å². The first-order valence-electron chi connectivity index (χ1n) is 45.6. The van der Waals surface area contributed by atoms with E-state index in [9.17, 15) is 47.4 Å². The number of hydrogen-bond acceptors (Lipinski definition) is 11. The van der Waals surface area contributed by atoms with Crippen molar-refractivity contribution >= 4 is 158 Å². The molecule has 0 radical (unpaired) electrons. The van der Waals surface area contributed by atoms with E-state index in [1.54, 1.807) is 121 Å². The predicted octanol–water partition coefficient (Wildman–Crippen LogP) is 32.2. The zero-order valence-electron chi connectivity index (χ0n) is 75.8. The molecule has 0 saturated carbocycles. The summed E-state index contributed by atoms with van der Waals surface area (Å²) in [5.41, 5.74) is 26.1. The van der Waals surface area contributed by atoms with Crippen molar-refractivity contribution < 1.29 is 4.42 Å². The monoisotopic (exact) mass is 1850 g/mol. The van der Waals surface area contributed by atoms with Crippen LogP contribution in [0.3, 0.4) is 0 Å². The van der Waals surface area contributed by atoms with Gasteiger partial charge in [-0.3, -0.25) is 0 Å². The third kappa shape index (κ3) is 13.9. The quantitative estimate of drug-likeness (QED) is 0.117. The standard InChI is InChI=1S/C46H24N6.C40H19N5O.C40H19N5S/c1-50-39-17-8-12-32(28-49)45(39)37-16-9-19-42-46(37)36-22-20-29(44-30(26-47)10-7-11-31(44)27-48)24-43(36)52(42)34-21-23-41-38(25-34)35-15-5-6-18-40(35)51(41)33-13-3-2-4-14-33;2*1-44-33-12-5-9-27(23-43)39(33)31-11-6-13-34-40(31)30-17-15-24(38-25(21-41)7-4-8-26(38)22-42)19-35(30)45(34)28-16-18-37-32(20-28)29-10-2-3-14-36(29)46-37/h2-25H;2*2-20H. The van der Waals surface area contributed by atoms with Crippen molar-refractivity contribution in [3.8, 4) is 144 Å². The van der Waals surface area contributed by atoms with E-state index in [2.05, 4.69) is 203 Å². The van der Waals surface area contributed by atoms with E-state index in [4.69, 9.17) is 24.1 Å². The Labute approximate surface area is 826 Å². The van der Waals surface area contributed by atoms with E-state index in [1.807, 2.05) is 152 Å². The van der Waals surface area contributed by atoms with Gasteiger partial charge in [-0.25, -0.2) is 14.5 Å². The first kappa shape index (κ1) is 86.4. The molecule has 0 N–H and O–H groups in total. The number of nitrogens with zero attached hydrogens (tertiary/aromatic N) is 16. The van der Waals surface area contributed by atoms with Crippen molar-refractivity contribution in [3.63, 3.8) is 0 Å². The summed E-state index contributed by atoms with van der Waals surface area (Å²) in [6, 6.07) is 142. The number of nitriles is 9. The second-order valence-electron chi connectivity index (χ2n) is 34.4. The van der Waals surface area contributed by atoms with Crippen molar-refractivity contribution in [1.29, 1.82) is 47.4 Å². The van der Waals surface area contributed by atoms with Crippen LogP contribution in [-0.2, 0) is 0 Å². The van der Waals surface area contributed by atoms with Gasteiger partial charge in [0.05, 0.1) is 152 Å². The second-order valence-corrected chi connectivity index (χ2v) is 35.5. The zero-order chi connectivity index (χ0) is 98.1. The molecule has 0 saturated heterocycles. The van der Waals surface area contributed by atoms with E-state index in [0.29, 0.717) is 101 Å². The van der Waals surface area contributed by atoms with E-state index >= 15 is 0 Å². The molecular formula is C126H62N16OS. The third-order valence-corrected chi connectivity index (χ3v) is 28.1. The molecular weight excluding hydrogens is 1790 g/mol. The number of aromatic nitrogens is 4. The van der Waals surface area contributed by atoms with Gasteiger partial charge in [0.15, 0.2) is 17.1 Å². The number of para-hydroxylation sites is 3. The molecule has 0 spiro atoms. The fraction of sp³-hybridized carbons (Fsp3) is 0. The largest absolute Gasteiger partial charge is 0.456 e. The maximum atomic E-state index is 10.2. The van der Waals surface area contributed by atoms with Crippen LogP contribution < -0.4 is 0 Å². The summed E-state index contributed by atoms with van der Waals surface area (Å²) in [7, 11) is 0. The molecule has 144 heavy (non-hydrogen) atoms. The van der Waals surface area contributed by atoms with Crippen molar-refractivity contribution in [2.24, 2.45) is 0 Å². The number of fused-ring (bicyclic) bond motifs is 18. The minimum atomic E-state index is 0.400. The summed E-state index contributed by atoms with van der Waals surface area (Å²) in [4.78, 5) is 11.4. The number of hydrogen-bond donors (Lipinski definition) is 0. The number of furan rings is 1. The molecule has 0 fully saturated rings. The molecule has 0 aliphatic carbocycles. The summed E-state index contributed by atoms with van der Waals surface area (Å²) >= 11 is 1.76.